The van der Waals surface area contributed by atoms with Gasteiger partial charge in [0.2, 0.25) is 15.9 Å². The first-order chi connectivity index (χ1) is 13.9. The molecule has 0 spiro atoms. The van der Waals surface area contributed by atoms with Crippen molar-refractivity contribution in [3.05, 3.63) is 28.8 Å². The van der Waals surface area contributed by atoms with Gasteiger partial charge in [-0.1, -0.05) is 17.7 Å². The van der Waals surface area contributed by atoms with Gasteiger partial charge in [-0.2, -0.15) is 0 Å². The second-order valence-electron chi connectivity index (χ2n) is 10.4. The lowest BCUT2D eigenvalue weighted by molar-refractivity contribution is -0.147. The molecule has 1 aromatic rings. The van der Waals surface area contributed by atoms with E-state index in [1.54, 1.807) is 32.9 Å². The van der Waals surface area contributed by atoms with Crippen molar-refractivity contribution in [3.8, 4) is 0 Å². The van der Waals surface area contributed by atoms with Gasteiger partial charge in [0, 0.05) is 23.0 Å². The first kappa shape index (κ1) is 22.1. The molecule has 0 aliphatic heterocycles. The highest BCUT2D eigenvalue weighted by Crippen LogP contribution is 2.55. The van der Waals surface area contributed by atoms with E-state index in [4.69, 9.17) is 11.6 Å². The van der Waals surface area contributed by atoms with Crippen LogP contribution in [0.2, 0.25) is 5.02 Å². The summed E-state index contributed by atoms with van der Waals surface area (Å²) in [5, 5.41) is 14.2. The number of benzene rings is 1. The molecule has 0 heterocycles. The third kappa shape index (κ3) is 4.40. The van der Waals surface area contributed by atoms with Crippen LogP contribution in [-0.2, 0) is 14.8 Å². The lowest BCUT2D eigenvalue weighted by atomic mass is 9.52. The summed E-state index contributed by atoms with van der Waals surface area (Å²) in [4.78, 5) is 13.0. The van der Waals surface area contributed by atoms with Crippen molar-refractivity contribution >= 4 is 27.5 Å². The number of hydrogen-bond donors (Lipinski definition) is 3. The molecule has 0 radical (unpaired) electrons. The molecule has 30 heavy (non-hydrogen) atoms. The third-order valence-electron chi connectivity index (χ3n) is 7.02. The van der Waals surface area contributed by atoms with Gasteiger partial charge in [-0.25, -0.2) is 13.1 Å². The van der Waals surface area contributed by atoms with Crippen molar-refractivity contribution in [1.29, 1.82) is 0 Å². The Hall–Kier alpha value is -1.15. The number of aryl methyl sites for hydroxylation is 1. The van der Waals surface area contributed by atoms with E-state index in [2.05, 4.69) is 10.0 Å². The molecule has 4 saturated carbocycles. The molecule has 4 bridgehead atoms. The van der Waals surface area contributed by atoms with Gasteiger partial charge in [-0.15, -0.1) is 0 Å². The molecule has 0 aromatic heterocycles. The van der Waals surface area contributed by atoms with Crippen LogP contribution in [0.15, 0.2) is 23.1 Å². The lowest BCUT2D eigenvalue weighted by Gasteiger charge is -2.58. The Morgan fingerprint density at radius 2 is 1.87 bits per heavy atom. The summed E-state index contributed by atoms with van der Waals surface area (Å²) in [7, 11) is -3.82. The number of hydrogen-bond acceptors (Lipinski definition) is 4. The predicted octanol–water partition coefficient (Wildman–Crippen LogP) is 3.15. The fraction of sp³-hybridized carbons (Fsp3) is 0.682. The summed E-state index contributed by atoms with van der Waals surface area (Å²) < 4.78 is 28.5. The highest BCUT2D eigenvalue weighted by molar-refractivity contribution is 7.89. The molecule has 1 amide bonds. The summed E-state index contributed by atoms with van der Waals surface area (Å²) in [6.07, 6.45) is 4.58. The van der Waals surface area contributed by atoms with Gasteiger partial charge < -0.3 is 10.4 Å². The second kappa shape index (κ2) is 7.47. The molecule has 4 aliphatic carbocycles. The van der Waals surface area contributed by atoms with E-state index >= 15 is 0 Å². The largest absolute Gasteiger partial charge is 0.390 e. The number of halogens is 1. The number of carbonyl (C=O) groups excluding carboxylic acids is 1. The minimum atomic E-state index is -3.82. The monoisotopic (exact) mass is 454 g/mol. The normalized spacial score (nSPS) is 33.0. The molecule has 8 heteroatoms. The van der Waals surface area contributed by atoms with Gasteiger partial charge in [0.1, 0.15) is 0 Å². The third-order valence-corrected chi connectivity index (χ3v) is 9.10. The van der Waals surface area contributed by atoms with Crippen LogP contribution in [0, 0.1) is 24.7 Å². The molecule has 2 unspecified atom stereocenters. The molecule has 6 nitrogen and oxygen atoms in total. The lowest BCUT2D eigenvalue weighted by Crippen LogP contribution is -2.62. The fourth-order valence-electron chi connectivity index (χ4n) is 6.17. The number of aliphatic hydroxyl groups is 1. The molecule has 4 fully saturated rings. The van der Waals surface area contributed by atoms with Crippen LogP contribution >= 0.6 is 11.6 Å². The van der Waals surface area contributed by atoms with Crippen LogP contribution in [0.3, 0.4) is 0 Å². The van der Waals surface area contributed by atoms with E-state index in [0.29, 0.717) is 28.3 Å². The highest BCUT2D eigenvalue weighted by atomic mass is 35.5. The van der Waals surface area contributed by atoms with E-state index in [1.807, 2.05) is 0 Å². The minimum absolute atomic E-state index is 0.0372. The van der Waals surface area contributed by atoms with Gasteiger partial charge in [0.25, 0.3) is 0 Å². The quantitative estimate of drug-likeness (QED) is 0.615. The summed E-state index contributed by atoms with van der Waals surface area (Å²) >= 11 is 5.98. The Bertz CT molecular complexity index is 946. The zero-order valence-corrected chi connectivity index (χ0v) is 19.3. The number of carbonyl (C=O) groups is 1. The number of nitrogens with one attached hydrogen (secondary N) is 2. The Labute approximate surface area is 183 Å². The van der Waals surface area contributed by atoms with Crippen molar-refractivity contribution in [2.45, 2.75) is 81.4 Å². The first-order valence-corrected chi connectivity index (χ1v) is 12.5. The summed E-state index contributed by atoms with van der Waals surface area (Å²) in [5.41, 5.74) is -0.901. The van der Waals surface area contributed by atoms with Crippen molar-refractivity contribution < 1.29 is 18.3 Å². The topological polar surface area (TPSA) is 95.5 Å². The Kier molecular flexibility index (Phi) is 5.49. The van der Waals surface area contributed by atoms with Crippen molar-refractivity contribution in [2.24, 2.45) is 17.8 Å². The highest BCUT2D eigenvalue weighted by Gasteiger charge is 2.55. The van der Waals surface area contributed by atoms with Crippen LogP contribution in [0.1, 0.15) is 57.9 Å². The summed E-state index contributed by atoms with van der Waals surface area (Å²) in [6.45, 7) is 5.14. The molecular formula is C22H31ClN2O4S. The number of sulfonamides is 1. The average Bonchev–Trinajstić information content (AvgIpc) is 2.57. The molecular weight excluding hydrogens is 424 g/mol. The predicted molar refractivity (Wildman–Crippen MR) is 116 cm³/mol. The minimum Gasteiger partial charge on any atom is -0.390 e. The van der Waals surface area contributed by atoms with E-state index in [-0.39, 0.29) is 23.3 Å². The van der Waals surface area contributed by atoms with Crippen molar-refractivity contribution in [2.75, 3.05) is 0 Å². The van der Waals surface area contributed by atoms with E-state index in [9.17, 15) is 18.3 Å². The van der Waals surface area contributed by atoms with E-state index in [0.717, 1.165) is 32.1 Å². The fourth-order valence-corrected chi connectivity index (χ4v) is 8.09. The maximum absolute atomic E-state index is 12.9. The smallest absolute Gasteiger partial charge is 0.241 e. The zero-order chi connectivity index (χ0) is 21.9. The van der Waals surface area contributed by atoms with Crippen LogP contribution in [0.25, 0.3) is 0 Å². The second-order valence-corrected chi connectivity index (χ2v) is 12.5. The van der Waals surface area contributed by atoms with Gasteiger partial charge in [0.05, 0.1) is 10.5 Å². The molecule has 4 aliphatic rings. The van der Waals surface area contributed by atoms with E-state index < -0.39 is 21.2 Å². The molecule has 3 N–H and O–H groups in total. The average molecular weight is 455 g/mol. The Balaban J connectivity index is 1.41. The molecule has 166 valence electrons. The van der Waals surface area contributed by atoms with Crippen molar-refractivity contribution in [1.82, 2.24) is 10.0 Å². The maximum atomic E-state index is 12.9. The zero-order valence-electron chi connectivity index (χ0n) is 17.7. The summed E-state index contributed by atoms with van der Waals surface area (Å²) in [5.74, 6) is 1.05. The Morgan fingerprint density at radius 3 is 2.47 bits per heavy atom. The van der Waals surface area contributed by atoms with Crippen LogP contribution < -0.4 is 10.0 Å². The van der Waals surface area contributed by atoms with E-state index in [1.165, 1.54) is 6.07 Å². The van der Waals surface area contributed by atoms with Gasteiger partial charge in [-0.3, -0.25) is 4.79 Å². The molecule has 2 atom stereocenters. The molecule has 5 rings (SSSR count). The number of rotatable bonds is 6. The SMILES string of the molecule is Cc1ccc(Cl)cc1S(=O)(=O)NC(C)(C)CC(=O)NC1C2CC3CC1CC(O)(C3)C2. The Morgan fingerprint density at radius 1 is 1.23 bits per heavy atom. The first-order valence-electron chi connectivity index (χ1n) is 10.7. The summed E-state index contributed by atoms with van der Waals surface area (Å²) in [6, 6.07) is 4.82. The van der Waals surface area contributed by atoms with Crippen molar-refractivity contribution in [3.63, 3.8) is 0 Å². The van der Waals surface area contributed by atoms with Crippen LogP contribution in [0.5, 0.6) is 0 Å². The van der Waals surface area contributed by atoms with Gasteiger partial charge in [-0.05, 0) is 88.3 Å². The molecule has 1 aromatic carbocycles. The standard InChI is InChI=1S/C22H31ClN2O4S/c1-13-4-5-17(23)8-18(13)30(28,29)25-21(2,3)12-19(26)24-20-15-6-14-7-16(20)11-22(27,9-14)10-15/h4-5,8,14-16,20,25,27H,6-7,9-12H2,1-3H3,(H,24,26). The molecule has 0 saturated heterocycles. The van der Waals surface area contributed by atoms with Gasteiger partial charge in [0.15, 0.2) is 0 Å². The van der Waals surface area contributed by atoms with Gasteiger partial charge >= 0.3 is 0 Å². The van der Waals surface area contributed by atoms with Crippen LogP contribution in [0.4, 0.5) is 0 Å². The van der Waals surface area contributed by atoms with Crippen LogP contribution in [-0.4, -0.2) is 36.6 Å². The number of amides is 1. The maximum Gasteiger partial charge on any atom is 0.241 e.